The monoisotopic (exact) mass is 350 g/mol. The van der Waals surface area contributed by atoms with Gasteiger partial charge in [-0.05, 0) is 41.3 Å². The molecule has 2 aromatic rings. The minimum Gasteiger partial charge on any atom is -0.617 e. The van der Waals surface area contributed by atoms with Crippen molar-refractivity contribution < 1.29 is 4.55 Å². The Kier molecular flexibility index (Phi) is 5.04. The SMILES string of the molecule is CC(C)c1ccc(N2CC(CC[S+](C)[O-])C2)c2cnc(Cl)cc12. The summed E-state index contributed by atoms with van der Waals surface area (Å²) in [5.41, 5.74) is 2.55. The van der Waals surface area contributed by atoms with Crippen molar-refractivity contribution in [3.8, 4) is 0 Å². The van der Waals surface area contributed by atoms with Crippen molar-refractivity contribution in [1.29, 1.82) is 0 Å². The molecule has 3 rings (SSSR count). The van der Waals surface area contributed by atoms with E-state index in [1.807, 2.05) is 12.3 Å². The molecule has 0 aliphatic carbocycles. The summed E-state index contributed by atoms with van der Waals surface area (Å²) in [7, 11) is 0. The van der Waals surface area contributed by atoms with Gasteiger partial charge < -0.3 is 9.45 Å². The minimum atomic E-state index is -0.686. The van der Waals surface area contributed by atoms with Crippen molar-refractivity contribution >= 4 is 39.2 Å². The lowest BCUT2D eigenvalue weighted by Crippen LogP contribution is -2.47. The molecule has 1 aliphatic heterocycles. The lowest BCUT2D eigenvalue weighted by molar-refractivity contribution is 0.399. The quantitative estimate of drug-likeness (QED) is 0.598. The van der Waals surface area contributed by atoms with Crippen molar-refractivity contribution in [3.63, 3.8) is 0 Å². The highest BCUT2D eigenvalue weighted by atomic mass is 35.5. The van der Waals surface area contributed by atoms with Crippen molar-refractivity contribution in [2.45, 2.75) is 26.2 Å². The predicted octanol–water partition coefficient (Wildman–Crippen LogP) is 4.22. The Morgan fingerprint density at radius 3 is 2.74 bits per heavy atom. The van der Waals surface area contributed by atoms with Crippen LogP contribution in [-0.4, -0.2) is 34.6 Å². The Balaban J connectivity index is 1.84. The first-order valence-corrected chi connectivity index (χ1v) is 10.2. The molecule has 2 heterocycles. The van der Waals surface area contributed by atoms with Gasteiger partial charge in [-0.2, -0.15) is 0 Å². The lowest BCUT2D eigenvalue weighted by Gasteiger charge is -2.41. The molecule has 0 N–H and O–H groups in total. The zero-order valence-electron chi connectivity index (χ0n) is 13.9. The topological polar surface area (TPSA) is 39.2 Å². The number of anilines is 1. The van der Waals surface area contributed by atoms with Gasteiger partial charge in [-0.3, -0.25) is 0 Å². The Morgan fingerprint density at radius 1 is 1.35 bits per heavy atom. The molecule has 0 spiro atoms. The summed E-state index contributed by atoms with van der Waals surface area (Å²) in [5, 5.41) is 2.93. The smallest absolute Gasteiger partial charge is 0.129 e. The molecule has 1 atom stereocenters. The fourth-order valence-corrected chi connectivity index (χ4v) is 4.11. The molecule has 1 saturated heterocycles. The number of aromatic nitrogens is 1. The van der Waals surface area contributed by atoms with E-state index in [1.165, 1.54) is 22.0 Å². The van der Waals surface area contributed by atoms with Gasteiger partial charge in [0.2, 0.25) is 0 Å². The third kappa shape index (κ3) is 3.59. The summed E-state index contributed by atoms with van der Waals surface area (Å²) in [6.45, 7) is 6.48. The molecule has 0 bridgehead atoms. The average molecular weight is 351 g/mol. The van der Waals surface area contributed by atoms with Crippen LogP contribution in [0.15, 0.2) is 24.4 Å². The van der Waals surface area contributed by atoms with Crippen LogP contribution in [0.3, 0.4) is 0 Å². The van der Waals surface area contributed by atoms with Gasteiger partial charge in [0.05, 0.1) is 6.26 Å². The van der Waals surface area contributed by atoms with Crippen molar-refractivity contribution in [2.75, 3.05) is 30.0 Å². The molecule has 1 aliphatic rings. The summed E-state index contributed by atoms with van der Waals surface area (Å²) in [5.74, 6) is 1.91. The maximum atomic E-state index is 11.2. The van der Waals surface area contributed by atoms with E-state index in [9.17, 15) is 4.55 Å². The minimum absolute atomic E-state index is 0.452. The molecule has 1 fully saturated rings. The van der Waals surface area contributed by atoms with Gasteiger partial charge in [0.25, 0.3) is 0 Å². The van der Waals surface area contributed by atoms with Gasteiger partial charge in [0.15, 0.2) is 0 Å². The second kappa shape index (κ2) is 6.88. The highest BCUT2D eigenvalue weighted by molar-refractivity contribution is 7.90. The number of pyridine rings is 1. The third-order valence-corrected chi connectivity index (χ3v) is 5.63. The molecular weight excluding hydrogens is 328 g/mol. The largest absolute Gasteiger partial charge is 0.617 e. The Bertz CT molecular complexity index is 699. The maximum absolute atomic E-state index is 11.2. The first kappa shape index (κ1) is 16.9. The van der Waals surface area contributed by atoms with Crippen molar-refractivity contribution in [3.05, 3.63) is 35.1 Å². The normalized spacial score (nSPS) is 16.9. The zero-order chi connectivity index (χ0) is 16.6. The predicted molar refractivity (Wildman–Crippen MR) is 100 cm³/mol. The highest BCUT2D eigenvalue weighted by Crippen LogP contribution is 2.37. The molecule has 23 heavy (non-hydrogen) atoms. The van der Waals surface area contributed by atoms with Gasteiger partial charge in [0, 0.05) is 30.4 Å². The maximum Gasteiger partial charge on any atom is 0.129 e. The molecule has 124 valence electrons. The van der Waals surface area contributed by atoms with E-state index >= 15 is 0 Å². The number of fused-ring (bicyclic) bond motifs is 1. The van der Waals surface area contributed by atoms with Gasteiger partial charge in [-0.25, -0.2) is 4.98 Å². The fraction of sp³-hybridized carbons (Fsp3) is 0.500. The molecule has 1 aromatic carbocycles. The van der Waals surface area contributed by atoms with Crippen LogP contribution >= 0.6 is 11.6 Å². The van der Waals surface area contributed by atoms with Gasteiger partial charge in [0.1, 0.15) is 10.9 Å². The standard InChI is InChI=1S/C18H23ClN2OS/c1-12(2)14-4-5-17(16-9-20-18(19)8-15(14)16)21-10-13(11-21)6-7-23(3)22/h4-5,8-9,12-13H,6-7,10-11H2,1-3H3. The summed E-state index contributed by atoms with van der Waals surface area (Å²) in [6, 6.07) is 6.40. The van der Waals surface area contributed by atoms with E-state index in [1.54, 1.807) is 6.26 Å². The average Bonchev–Trinajstić information content (AvgIpc) is 2.44. The zero-order valence-corrected chi connectivity index (χ0v) is 15.5. The van der Waals surface area contributed by atoms with E-state index in [0.29, 0.717) is 17.0 Å². The number of benzene rings is 1. The number of hydrogen-bond acceptors (Lipinski definition) is 3. The van der Waals surface area contributed by atoms with Crippen LogP contribution in [0, 0.1) is 5.92 Å². The first-order chi connectivity index (χ1) is 11.0. The number of hydrogen-bond donors (Lipinski definition) is 0. The van der Waals surface area contributed by atoms with Crippen LogP contribution in [0.25, 0.3) is 10.8 Å². The van der Waals surface area contributed by atoms with Crippen LogP contribution in [0.1, 0.15) is 31.7 Å². The molecule has 0 amide bonds. The highest BCUT2D eigenvalue weighted by Gasteiger charge is 2.29. The van der Waals surface area contributed by atoms with Crippen molar-refractivity contribution in [1.82, 2.24) is 4.98 Å². The molecular formula is C18H23ClN2OS. The molecule has 1 unspecified atom stereocenters. The molecule has 5 heteroatoms. The van der Waals surface area contributed by atoms with E-state index in [2.05, 4.69) is 35.9 Å². The van der Waals surface area contributed by atoms with Crippen molar-refractivity contribution in [2.24, 2.45) is 5.92 Å². The van der Waals surface area contributed by atoms with Crippen LogP contribution < -0.4 is 4.90 Å². The summed E-state index contributed by atoms with van der Waals surface area (Å²) >= 11 is 5.43. The number of nitrogens with zero attached hydrogens (tertiary/aromatic N) is 2. The first-order valence-electron chi connectivity index (χ1n) is 8.09. The van der Waals surface area contributed by atoms with Gasteiger partial charge >= 0.3 is 0 Å². The number of rotatable bonds is 5. The second-order valence-corrected chi connectivity index (χ2v) is 8.66. The van der Waals surface area contributed by atoms with Crippen LogP contribution in [0.4, 0.5) is 5.69 Å². The second-order valence-electron chi connectivity index (χ2n) is 6.72. The van der Waals surface area contributed by atoms with Gasteiger partial charge in [-0.1, -0.05) is 42.7 Å². The Labute approximate surface area is 146 Å². The van der Waals surface area contributed by atoms with Crippen LogP contribution in [-0.2, 0) is 11.2 Å². The van der Waals surface area contributed by atoms with Crippen LogP contribution in [0.5, 0.6) is 0 Å². The Morgan fingerprint density at radius 2 is 2.09 bits per heavy atom. The van der Waals surface area contributed by atoms with E-state index in [0.717, 1.165) is 25.3 Å². The fourth-order valence-electron chi connectivity index (χ4n) is 3.28. The summed E-state index contributed by atoms with van der Waals surface area (Å²) < 4.78 is 11.2. The summed E-state index contributed by atoms with van der Waals surface area (Å²) in [4.78, 5) is 6.68. The molecule has 0 saturated carbocycles. The molecule has 0 radical (unpaired) electrons. The lowest BCUT2D eigenvalue weighted by atomic mass is 9.92. The van der Waals surface area contributed by atoms with E-state index in [-0.39, 0.29) is 0 Å². The van der Waals surface area contributed by atoms with Crippen LogP contribution in [0.2, 0.25) is 5.15 Å². The summed E-state index contributed by atoms with van der Waals surface area (Å²) in [6.07, 6.45) is 4.73. The van der Waals surface area contributed by atoms with E-state index in [4.69, 9.17) is 11.6 Å². The third-order valence-electron chi connectivity index (χ3n) is 4.61. The Hall–Kier alpha value is -0.970. The number of halogens is 1. The van der Waals surface area contributed by atoms with E-state index < -0.39 is 11.2 Å². The molecule has 3 nitrogen and oxygen atoms in total. The van der Waals surface area contributed by atoms with Gasteiger partial charge in [-0.15, -0.1) is 0 Å². The molecule has 1 aromatic heterocycles.